The average Bonchev–Trinajstić information content (AvgIpc) is 4.22. The van der Waals surface area contributed by atoms with Crippen molar-refractivity contribution >= 4 is 23.8 Å². The molecule has 0 unspecified atom stereocenters. The third-order valence-electron chi connectivity index (χ3n) is 13.9. The predicted octanol–water partition coefficient (Wildman–Crippen LogP) is 7.81. The van der Waals surface area contributed by atoms with Gasteiger partial charge in [-0.05, 0) is 84.1 Å². The minimum atomic E-state index is -0.842. The molecular formula is C55H86N2O13. The fourth-order valence-corrected chi connectivity index (χ4v) is 9.68. The van der Waals surface area contributed by atoms with Gasteiger partial charge in [-0.25, -0.2) is 0 Å². The van der Waals surface area contributed by atoms with Crippen molar-refractivity contribution in [1.29, 1.82) is 0 Å². The van der Waals surface area contributed by atoms with Crippen molar-refractivity contribution in [3.8, 4) is 0 Å². The van der Waals surface area contributed by atoms with Crippen LogP contribution in [0.25, 0.3) is 0 Å². The number of esters is 1. The van der Waals surface area contributed by atoms with Gasteiger partial charge in [-0.1, -0.05) is 94.9 Å². The van der Waals surface area contributed by atoms with Crippen LogP contribution in [0.5, 0.6) is 0 Å². The molecule has 2 spiro atoms. The highest BCUT2D eigenvalue weighted by Gasteiger charge is 2.52. The van der Waals surface area contributed by atoms with Gasteiger partial charge in [-0.15, -0.1) is 0 Å². The molecule has 0 aromatic carbocycles. The molecule has 6 fully saturated rings. The lowest BCUT2D eigenvalue weighted by molar-refractivity contribution is -0.147. The fourth-order valence-electron chi connectivity index (χ4n) is 9.68. The highest BCUT2D eigenvalue weighted by molar-refractivity contribution is 5.88. The summed E-state index contributed by atoms with van der Waals surface area (Å²) in [5.74, 6) is -0.417. The summed E-state index contributed by atoms with van der Waals surface area (Å²) >= 11 is 0. The Morgan fingerprint density at radius 1 is 0.671 bits per heavy atom. The number of carboxylic acid groups (broad SMARTS) is 1. The van der Waals surface area contributed by atoms with E-state index < -0.39 is 12.1 Å². The third-order valence-corrected chi connectivity index (χ3v) is 13.9. The first kappa shape index (κ1) is 58.6. The number of epoxide rings is 2. The van der Waals surface area contributed by atoms with Crippen LogP contribution in [0, 0.1) is 17.8 Å². The van der Waals surface area contributed by atoms with Crippen LogP contribution >= 0.6 is 0 Å². The molecule has 0 bridgehead atoms. The van der Waals surface area contributed by atoms with Gasteiger partial charge in [0.05, 0.1) is 111 Å². The van der Waals surface area contributed by atoms with Crippen molar-refractivity contribution in [2.75, 3.05) is 20.3 Å². The number of allylic oxidation sites excluding steroid dienone is 5. The summed E-state index contributed by atoms with van der Waals surface area (Å²) in [6.45, 7) is 19.6. The second kappa shape index (κ2) is 27.2. The van der Waals surface area contributed by atoms with Crippen molar-refractivity contribution in [3.63, 3.8) is 0 Å². The molecule has 6 aliphatic rings. The Balaban J connectivity index is 0.000000300. The zero-order valence-electron chi connectivity index (χ0n) is 42.7. The molecule has 0 saturated carbocycles. The first-order valence-electron chi connectivity index (χ1n) is 25.2. The molecule has 4 N–H and O–H groups in total. The van der Waals surface area contributed by atoms with Crippen LogP contribution in [-0.4, -0.2) is 133 Å². The second-order valence-corrected chi connectivity index (χ2v) is 20.9. The standard InChI is InChI=1S/C27H41NO7.C27H41NO6.CH4/c1-17(6-9-21-14-27(16-33-27)15-22(35-21)13-26(31)32-5)7-10-24-18(2)12-23(20(4)34-24)28-25(30)11-8-19(3)29;1-17(2)6-11-25(29)28-23-12-19(4)24(33-20(23)5)10-8-18(3)7-9-21-14-27(16-32-27)15-22(34-21)13-26(30)31;/h6-9,11,18-24,29H,10,12-16H2,1-5H3,(H,28,30);6-9,11,17,19-24H,10,12-16H2,1-5H3,(H,28,29)(H,30,31);1H4/b9-6+,11-8-,17-7+;9-7+,11-6-,18-8+;/t18-,19-,20+,21+,22+,23+,24-,27+;19-,20+,21+,22+,23+,24-,27+;/m00./s1. The smallest absolute Gasteiger partial charge is 0.308 e. The molecule has 0 aromatic rings. The summed E-state index contributed by atoms with van der Waals surface area (Å²) in [5.41, 5.74) is 1.90. The highest BCUT2D eigenvalue weighted by atomic mass is 16.6. The van der Waals surface area contributed by atoms with Crippen LogP contribution < -0.4 is 10.6 Å². The number of aliphatic carboxylic acids is 1. The lowest BCUT2D eigenvalue weighted by Gasteiger charge is -2.39. The lowest BCUT2D eigenvalue weighted by atomic mass is 9.88. The van der Waals surface area contributed by atoms with E-state index >= 15 is 0 Å². The Labute approximate surface area is 417 Å². The molecule has 70 heavy (non-hydrogen) atoms. The van der Waals surface area contributed by atoms with E-state index in [0.717, 1.165) is 62.7 Å². The number of carboxylic acids is 1. The van der Waals surface area contributed by atoms with E-state index in [9.17, 15) is 24.3 Å². The first-order valence-corrected chi connectivity index (χ1v) is 25.2. The van der Waals surface area contributed by atoms with Crippen molar-refractivity contribution in [2.45, 2.75) is 212 Å². The van der Waals surface area contributed by atoms with Gasteiger partial charge in [-0.2, -0.15) is 0 Å². The Kier molecular flexibility index (Phi) is 22.8. The van der Waals surface area contributed by atoms with E-state index in [1.165, 1.54) is 19.3 Å². The molecule has 6 rings (SSSR count). The van der Waals surface area contributed by atoms with Crippen LogP contribution in [0.15, 0.2) is 71.9 Å². The Bertz CT molecular complexity index is 1910. The minimum Gasteiger partial charge on any atom is -0.481 e. The number of hydrogen-bond acceptors (Lipinski definition) is 12. The van der Waals surface area contributed by atoms with E-state index in [1.807, 2.05) is 45.9 Å². The maximum absolute atomic E-state index is 12.2. The Morgan fingerprint density at radius 3 is 1.49 bits per heavy atom. The van der Waals surface area contributed by atoms with Gasteiger partial charge in [0.25, 0.3) is 0 Å². The molecule has 6 saturated heterocycles. The molecule has 6 heterocycles. The van der Waals surface area contributed by atoms with Crippen molar-refractivity contribution in [3.05, 3.63) is 71.9 Å². The summed E-state index contributed by atoms with van der Waals surface area (Å²) in [7, 11) is 1.39. The van der Waals surface area contributed by atoms with Crippen molar-refractivity contribution < 1.29 is 62.5 Å². The van der Waals surface area contributed by atoms with Gasteiger partial charge in [0.15, 0.2) is 0 Å². The number of rotatable bonds is 18. The maximum Gasteiger partial charge on any atom is 0.308 e. The fraction of sp³-hybridized carbons (Fsp3) is 0.709. The number of nitrogens with one attached hydrogen (secondary N) is 2. The number of aliphatic hydroxyl groups excluding tert-OH is 1. The molecular weight excluding hydrogens is 897 g/mol. The van der Waals surface area contributed by atoms with Gasteiger partial charge in [0.1, 0.15) is 0 Å². The average molecular weight is 983 g/mol. The number of carbonyl (C=O) groups excluding carboxylic acids is 3. The summed E-state index contributed by atoms with van der Waals surface area (Å²) in [6, 6.07) is -0.0459. The van der Waals surface area contributed by atoms with Gasteiger partial charge in [-0.3, -0.25) is 19.2 Å². The number of hydrogen-bond donors (Lipinski definition) is 4. The largest absolute Gasteiger partial charge is 0.481 e. The number of aliphatic hydroxyl groups is 1. The van der Waals surface area contributed by atoms with Crippen LogP contribution in [0.3, 0.4) is 0 Å². The molecule has 15 nitrogen and oxygen atoms in total. The molecule has 394 valence electrons. The number of carbonyl (C=O) groups is 4. The first-order chi connectivity index (χ1) is 32.6. The molecule has 0 radical (unpaired) electrons. The Morgan fingerprint density at radius 2 is 1.10 bits per heavy atom. The highest BCUT2D eigenvalue weighted by Crippen LogP contribution is 2.44. The molecule has 0 aromatic heterocycles. The lowest BCUT2D eigenvalue weighted by Crippen LogP contribution is -2.50. The topological polar surface area (TPSA) is 204 Å². The van der Waals surface area contributed by atoms with E-state index in [-0.39, 0.29) is 116 Å². The van der Waals surface area contributed by atoms with Crippen LogP contribution in [0.4, 0.5) is 0 Å². The summed E-state index contributed by atoms with van der Waals surface area (Å²) in [4.78, 5) is 47.0. The molecule has 6 aliphatic heterocycles. The van der Waals surface area contributed by atoms with E-state index in [4.69, 9.17) is 38.3 Å². The van der Waals surface area contributed by atoms with E-state index in [1.54, 1.807) is 13.0 Å². The van der Waals surface area contributed by atoms with Gasteiger partial charge in [0.2, 0.25) is 11.8 Å². The van der Waals surface area contributed by atoms with E-state index in [2.05, 4.69) is 62.6 Å². The normalized spacial score (nSPS) is 35.9. The number of ether oxygens (including phenoxy) is 7. The minimum absolute atomic E-state index is 0. The molecule has 0 aliphatic carbocycles. The van der Waals surface area contributed by atoms with Crippen molar-refractivity contribution in [2.24, 2.45) is 17.8 Å². The maximum atomic E-state index is 12.2. The number of amides is 2. The molecule has 2 amide bonds. The van der Waals surface area contributed by atoms with Crippen LogP contribution in [0.1, 0.15) is 134 Å². The summed E-state index contributed by atoms with van der Waals surface area (Å²) < 4.78 is 40.7. The summed E-state index contributed by atoms with van der Waals surface area (Å²) in [6.07, 6.45) is 24.1. The predicted molar refractivity (Wildman–Crippen MR) is 269 cm³/mol. The van der Waals surface area contributed by atoms with E-state index in [0.29, 0.717) is 24.9 Å². The quantitative estimate of drug-likeness (QED) is 0.0449. The monoisotopic (exact) mass is 983 g/mol. The zero-order valence-corrected chi connectivity index (χ0v) is 42.7. The third kappa shape index (κ3) is 19.6. The zero-order chi connectivity index (χ0) is 50.5. The molecule has 15 heteroatoms. The molecule has 15 atom stereocenters. The SMILES string of the molecule is C.CC(/C=C/[C@@H]1C[C@]2(CO2)C[C@@H](CC(=O)O)O1)=C\C[C@@H]1O[C@H](C)[C@H](NC(=O)/C=C\C(C)C)C[C@@H]1C.COC(=O)C[C@@H]1C[C@@]2(CO2)C[C@@H](/C=C/C(C)=C/C[C@@H]2O[C@H](C)[C@H](NC(=O)/C=C\[C@H](C)O)C[C@@H]2C)O1. The van der Waals surface area contributed by atoms with Crippen molar-refractivity contribution in [1.82, 2.24) is 10.6 Å². The van der Waals surface area contributed by atoms with Gasteiger partial charge >= 0.3 is 11.9 Å². The van der Waals surface area contributed by atoms with Crippen LogP contribution in [0.2, 0.25) is 0 Å². The Hall–Kier alpha value is -3.96. The van der Waals surface area contributed by atoms with Crippen LogP contribution in [-0.2, 0) is 52.3 Å². The van der Waals surface area contributed by atoms with Gasteiger partial charge in [0, 0.05) is 31.8 Å². The second-order valence-electron chi connectivity index (χ2n) is 20.9. The number of methoxy groups -OCH3 is 1. The summed E-state index contributed by atoms with van der Waals surface area (Å²) in [5, 5.41) is 24.5. The van der Waals surface area contributed by atoms with Gasteiger partial charge < -0.3 is 54.0 Å².